The number of hydrogen-bond acceptors (Lipinski definition) is 3. The van der Waals surface area contributed by atoms with E-state index in [2.05, 4.69) is 36.5 Å². The number of nitrogens with one attached hydrogen (secondary N) is 1. The molecule has 0 spiro atoms. The maximum atomic E-state index is 9.86. The van der Waals surface area contributed by atoms with E-state index in [9.17, 15) is 5.11 Å². The van der Waals surface area contributed by atoms with Crippen molar-refractivity contribution in [2.45, 2.75) is 19.9 Å². The van der Waals surface area contributed by atoms with Crippen molar-refractivity contribution < 1.29 is 9.84 Å². The van der Waals surface area contributed by atoms with E-state index < -0.39 is 0 Å². The molecule has 0 atom stereocenters. The molecule has 0 fully saturated rings. The van der Waals surface area contributed by atoms with E-state index in [1.807, 2.05) is 12.1 Å². The van der Waals surface area contributed by atoms with Crippen LogP contribution in [0.3, 0.4) is 0 Å². The third-order valence-electron chi connectivity index (χ3n) is 3.44. The largest absolute Gasteiger partial charge is 0.507 e. The zero-order valence-electron chi connectivity index (χ0n) is 12.0. The molecule has 0 saturated carbocycles. The number of aromatic hydroxyl groups is 1. The van der Waals surface area contributed by atoms with E-state index >= 15 is 0 Å². The fourth-order valence-electron chi connectivity index (χ4n) is 2.16. The molecule has 2 rings (SSSR count). The second-order valence-electron chi connectivity index (χ2n) is 4.85. The van der Waals surface area contributed by atoms with Crippen LogP contribution >= 0.6 is 0 Å². The molecule has 0 amide bonds. The molecule has 2 aromatic rings. The summed E-state index contributed by atoms with van der Waals surface area (Å²) in [6.45, 7) is 3.67. The molecule has 0 heterocycles. The van der Waals surface area contributed by atoms with Crippen LogP contribution in [0.5, 0.6) is 11.5 Å². The minimum absolute atomic E-state index is 0.271. The predicted octanol–water partition coefficient (Wildman–Crippen LogP) is 3.04. The summed E-state index contributed by atoms with van der Waals surface area (Å²) in [7, 11) is 1.59. The van der Waals surface area contributed by atoms with Crippen LogP contribution < -0.4 is 10.1 Å². The Morgan fingerprint density at radius 2 is 1.90 bits per heavy atom. The minimum atomic E-state index is 0.271. The van der Waals surface area contributed by atoms with Crippen molar-refractivity contribution in [1.29, 1.82) is 0 Å². The molecule has 0 aliphatic rings. The predicted molar refractivity (Wildman–Crippen MR) is 81.2 cm³/mol. The van der Waals surface area contributed by atoms with Gasteiger partial charge < -0.3 is 15.2 Å². The highest BCUT2D eigenvalue weighted by atomic mass is 16.5. The molecule has 2 aromatic carbocycles. The van der Waals surface area contributed by atoms with Crippen LogP contribution in [-0.4, -0.2) is 18.8 Å². The molecule has 20 heavy (non-hydrogen) atoms. The van der Waals surface area contributed by atoms with Gasteiger partial charge in [-0.25, -0.2) is 0 Å². The van der Waals surface area contributed by atoms with Gasteiger partial charge in [-0.15, -0.1) is 0 Å². The number of hydrogen-bond donors (Lipinski definition) is 2. The lowest BCUT2D eigenvalue weighted by Gasteiger charge is -2.09. The van der Waals surface area contributed by atoms with Crippen molar-refractivity contribution in [2.24, 2.45) is 0 Å². The maximum Gasteiger partial charge on any atom is 0.123 e. The molecule has 0 aliphatic heterocycles. The van der Waals surface area contributed by atoms with E-state index in [0.29, 0.717) is 12.3 Å². The number of phenolic OH excluding ortho intramolecular Hbond substituents is 1. The smallest absolute Gasteiger partial charge is 0.123 e. The highest BCUT2D eigenvalue weighted by molar-refractivity contribution is 5.39. The van der Waals surface area contributed by atoms with Gasteiger partial charge in [-0.1, -0.05) is 30.3 Å². The molecule has 3 heteroatoms. The Kier molecular flexibility index (Phi) is 5.02. The van der Waals surface area contributed by atoms with Crippen molar-refractivity contribution >= 4 is 0 Å². The molecular formula is C17H21NO2. The number of ether oxygens (including phenoxy) is 1. The van der Waals surface area contributed by atoms with Gasteiger partial charge in [0.25, 0.3) is 0 Å². The summed E-state index contributed by atoms with van der Waals surface area (Å²) in [6.07, 6.45) is 0.990. The second kappa shape index (κ2) is 6.96. The Hall–Kier alpha value is -2.00. The Bertz CT molecular complexity index is 567. The van der Waals surface area contributed by atoms with E-state index in [-0.39, 0.29) is 5.75 Å². The minimum Gasteiger partial charge on any atom is -0.507 e. The average molecular weight is 271 g/mol. The molecular weight excluding hydrogens is 250 g/mol. The molecule has 2 N–H and O–H groups in total. The number of benzene rings is 2. The van der Waals surface area contributed by atoms with E-state index in [0.717, 1.165) is 18.5 Å². The topological polar surface area (TPSA) is 41.5 Å². The zero-order chi connectivity index (χ0) is 14.4. The summed E-state index contributed by atoms with van der Waals surface area (Å²) >= 11 is 0. The standard InChI is InChI=1S/C17H21NO2/c1-13-5-3-4-6-14(13)9-10-18-12-15-7-8-16(20-2)11-17(15)19/h3-8,11,18-19H,9-10,12H2,1-2H3. The summed E-state index contributed by atoms with van der Waals surface area (Å²) in [5, 5.41) is 13.2. The lowest BCUT2D eigenvalue weighted by atomic mass is 10.1. The highest BCUT2D eigenvalue weighted by Crippen LogP contribution is 2.23. The molecule has 0 radical (unpaired) electrons. The van der Waals surface area contributed by atoms with Crippen molar-refractivity contribution in [3.8, 4) is 11.5 Å². The number of phenols is 1. The lowest BCUT2D eigenvalue weighted by Crippen LogP contribution is -2.17. The Morgan fingerprint density at radius 1 is 1.10 bits per heavy atom. The van der Waals surface area contributed by atoms with Crippen molar-refractivity contribution in [3.63, 3.8) is 0 Å². The third kappa shape index (κ3) is 3.75. The van der Waals surface area contributed by atoms with Crippen LogP contribution in [0.4, 0.5) is 0 Å². The van der Waals surface area contributed by atoms with Crippen molar-refractivity contribution in [2.75, 3.05) is 13.7 Å². The number of methoxy groups -OCH3 is 1. The van der Waals surface area contributed by atoms with Crippen LogP contribution in [0.15, 0.2) is 42.5 Å². The van der Waals surface area contributed by atoms with Crippen LogP contribution in [0.1, 0.15) is 16.7 Å². The third-order valence-corrected chi connectivity index (χ3v) is 3.44. The summed E-state index contributed by atoms with van der Waals surface area (Å²) in [5.74, 6) is 0.943. The molecule has 0 aliphatic carbocycles. The first-order chi connectivity index (χ1) is 9.70. The molecule has 106 valence electrons. The van der Waals surface area contributed by atoms with Crippen LogP contribution in [-0.2, 0) is 13.0 Å². The fraction of sp³-hybridized carbons (Fsp3) is 0.294. The van der Waals surface area contributed by atoms with E-state index in [1.54, 1.807) is 13.2 Å². The molecule has 0 saturated heterocycles. The summed E-state index contributed by atoms with van der Waals surface area (Å²) in [4.78, 5) is 0. The molecule has 0 unspecified atom stereocenters. The van der Waals surface area contributed by atoms with Crippen molar-refractivity contribution in [3.05, 3.63) is 59.2 Å². The quantitative estimate of drug-likeness (QED) is 0.793. The Morgan fingerprint density at radius 3 is 2.60 bits per heavy atom. The van der Waals surface area contributed by atoms with Gasteiger partial charge in [0.05, 0.1) is 7.11 Å². The molecule has 3 nitrogen and oxygen atoms in total. The van der Waals surface area contributed by atoms with Gasteiger partial charge in [0, 0.05) is 18.2 Å². The van der Waals surface area contributed by atoms with Crippen LogP contribution in [0.2, 0.25) is 0 Å². The first-order valence-corrected chi connectivity index (χ1v) is 6.82. The maximum absolute atomic E-state index is 9.86. The van der Waals surface area contributed by atoms with Gasteiger partial charge in [0.1, 0.15) is 11.5 Å². The van der Waals surface area contributed by atoms with Gasteiger partial charge in [-0.2, -0.15) is 0 Å². The van der Waals surface area contributed by atoms with E-state index in [4.69, 9.17) is 4.74 Å². The summed E-state index contributed by atoms with van der Waals surface area (Å²) in [5.41, 5.74) is 3.57. The van der Waals surface area contributed by atoms with Gasteiger partial charge in [0.15, 0.2) is 0 Å². The van der Waals surface area contributed by atoms with Gasteiger partial charge in [-0.05, 0) is 37.1 Å². The average Bonchev–Trinajstić information content (AvgIpc) is 2.46. The van der Waals surface area contributed by atoms with Gasteiger partial charge in [-0.3, -0.25) is 0 Å². The lowest BCUT2D eigenvalue weighted by molar-refractivity contribution is 0.406. The van der Waals surface area contributed by atoms with Crippen molar-refractivity contribution in [1.82, 2.24) is 5.32 Å². The molecule has 0 aromatic heterocycles. The van der Waals surface area contributed by atoms with Gasteiger partial charge in [0.2, 0.25) is 0 Å². The first-order valence-electron chi connectivity index (χ1n) is 6.82. The van der Waals surface area contributed by atoms with Crippen LogP contribution in [0, 0.1) is 6.92 Å². The Labute approximate surface area is 120 Å². The second-order valence-corrected chi connectivity index (χ2v) is 4.85. The van der Waals surface area contributed by atoms with Crippen LogP contribution in [0.25, 0.3) is 0 Å². The monoisotopic (exact) mass is 271 g/mol. The van der Waals surface area contributed by atoms with E-state index in [1.165, 1.54) is 11.1 Å². The highest BCUT2D eigenvalue weighted by Gasteiger charge is 2.03. The Balaban J connectivity index is 1.83. The first kappa shape index (κ1) is 14.4. The fourth-order valence-corrected chi connectivity index (χ4v) is 2.16. The normalized spacial score (nSPS) is 10.5. The molecule has 0 bridgehead atoms. The summed E-state index contributed by atoms with van der Waals surface area (Å²) < 4.78 is 5.07. The SMILES string of the molecule is COc1ccc(CNCCc2ccccc2C)c(O)c1. The number of aryl methyl sites for hydroxylation is 1. The zero-order valence-corrected chi connectivity index (χ0v) is 12.0. The van der Waals surface area contributed by atoms with Gasteiger partial charge >= 0.3 is 0 Å². The summed E-state index contributed by atoms with van der Waals surface area (Å²) in [6, 6.07) is 13.8. The number of rotatable bonds is 6.